The lowest BCUT2D eigenvalue weighted by Gasteiger charge is -2.41. The molecule has 1 aromatic carbocycles. The van der Waals surface area contributed by atoms with Crippen LogP contribution in [0.1, 0.15) is 30.4 Å². The van der Waals surface area contributed by atoms with Gasteiger partial charge in [0, 0.05) is 49.3 Å². The fraction of sp³-hybridized carbons (Fsp3) is 0.375. The van der Waals surface area contributed by atoms with Crippen LogP contribution in [-0.4, -0.2) is 57.5 Å². The molecule has 4 heterocycles. The number of nitrogens with zero attached hydrogens (tertiary/aromatic N) is 6. The Kier molecular flexibility index (Phi) is 5.65. The number of likely N-dealkylation sites (tertiary alicyclic amines) is 1. The number of hydrogen-bond acceptors (Lipinski definition) is 7. The Hall–Kier alpha value is -3.57. The van der Waals surface area contributed by atoms with Crippen LogP contribution in [0.25, 0.3) is 11.0 Å². The average Bonchev–Trinajstić information content (AvgIpc) is 3.10. The van der Waals surface area contributed by atoms with Crippen LogP contribution in [0.2, 0.25) is 0 Å². The molecule has 2 saturated heterocycles. The van der Waals surface area contributed by atoms with Crippen molar-refractivity contribution < 1.29 is 9.53 Å². The van der Waals surface area contributed by atoms with Crippen LogP contribution in [0.3, 0.4) is 0 Å². The van der Waals surface area contributed by atoms with Gasteiger partial charge in [-0.05, 0) is 31.0 Å². The second-order valence-corrected chi connectivity index (χ2v) is 8.25. The van der Waals surface area contributed by atoms with Crippen LogP contribution >= 0.6 is 0 Å². The Morgan fingerprint density at radius 3 is 2.66 bits per heavy atom. The molecule has 2 fully saturated rings. The first-order valence-electron chi connectivity index (χ1n) is 10.9. The third kappa shape index (κ3) is 3.99. The number of fused-ring (bicyclic) bond motifs is 3. The maximum Gasteiger partial charge on any atom is 0.225 e. The first-order valence-corrected chi connectivity index (χ1v) is 10.9. The third-order valence-electron chi connectivity index (χ3n) is 6.28. The third-order valence-corrected chi connectivity index (χ3v) is 6.28. The van der Waals surface area contributed by atoms with E-state index in [1.807, 2.05) is 29.2 Å². The van der Waals surface area contributed by atoms with E-state index in [2.05, 4.69) is 25.9 Å². The molecule has 0 spiro atoms. The summed E-state index contributed by atoms with van der Waals surface area (Å²) in [6.07, 6.45) is 7.44. The summed E-state index contributed by atoms with van der Waals surface area (Å²) in [6, 6.07) is 12.2. The number of hydrogen-bond donors (Lipinski definition) is 0. The van der Waals surface area contributed by atoms with Crippen molar-refractivity contribution in [3.8, 4) is 6.07 Å². The van der Waals surface area contributed by atoms with Crippen molar-refractivity contribution in [1.82, 2.24) is 19.9 Å². The number of pyridine rings is 1. The van der Waals surface area contributed by atoms with Crippen molar-refractivity contribution in [3.63, 3.8) is 0 Å². The van der Waals surface area contributed by atoms with E-state index in [4.69, 9.17) is 10.00 Å². The quantitative estimate of drug-likeness (QED) is 0.557. The van der Waals surface area contributed by atoms with Gasteiger partial charge in [0.15, 0.2) is 0 Å². The van der Waals surface area contributed by atoms with Gasteiger partial charge in [-0.15, -0.1) is 0 Å². The molecule has 1 amide bonds. The van der Waals surface area contributed by atoms with Crippen LogP contribution in [0.4, 0.5) is 5.82 Å². The molecule has 8 heteroatoms. The number of para-hydroxylation sites is 1. The van der Waals surface area contributed by atoms with Gasteiger partial charge in [0.25, 0.3) is 0 Å². The largest absolute Gasteiger partial charge is 0.376 e. The van der Waals surface area contributed by atoms with Gasteiger partial charge in [0.05, 0.1) is 36.2 Å². The zero-order chi connectivity index (χ0) is 21.9. The van der Waals surface area contributed by atoms with Gasteiger partial charge < -0.3 is 14.5 Å². The van der Waals surface area contributed by atoms with Gasteiger partial charge in [-0.3, -0.25) is 14.8 Å². The monoisotopic (exact) mass is 428 g/mol. The maximum atomic E-state index is 12.8. The fourth-order valence-corrected chi connectivity index (χ4v) is 4.75. The summed E-state index contributed by atoms with van der Waals surface area (Å²) >= 11 is 0. The lowest BCUT2D eigenvalue weighted by molar-refractivity contribution is -0.133. The molecule has 0 saturated carbocycles. The fourth-order valence-electron chi connectivity index (χ4n) is 4.75. The normalized spacial score (nSPS) is 19.8. The summed E-state index contributed by atoms with van der Waals surface area (Å²) in [5.41, 5.74) is 3.22. The van der Waals surface area contributed by atoms with Crippen molar-refractivity contribution in [2.45, 2.75) is 38.0 Å². The second kappa shape index (κ2) is 8.89. The van der Waals surface area contributed by atoms with Crippen LogP contribution in [0.5, 0.6) is 0 Å². The highest BCUT2D eigenvalue weighted by Gasteiger charge is 2.41. The molecule has 5 rings (SSSR count). The Morgan fingerprint density at radius 2 is 1.91 bits per heavy atom. The summed E-state index contributed by atoms with van der Waals surface area (Å²) in [6.45, 7) is 2.20. The Balaban J connectivity index is 1.14. The molecule has 8 nitrogen and oxygen atoms in total. The van der Waals surface area contributed by atoms with Crippen LogP contribution < -0.4 is 4.90 Å². The highest BCUT2D eigenvalue weighted by Crippen LogP contribution is 2.34. The number of piperazine rings is 1. The first kappa shape index (κ1) is 20.3. The standard InChI is InChI=1S/C24H24N6O2/c25-12-17-4-7-22(28-13-17)30-19-5-6-20(30)15-29(14-19)23(31)8-11-32-16-18-2-1-3-21-24(18)27-10-9-26-21/h1-4,7,9-10,13,19-20H,5-6,8,11,14-16H2. The number of nitriles is 1. The number of carbonyl (C=O) groups is 1. The van der Waals surface area contributed by atoms with E-state index < -0.39 is 0 Å². The van der Waals surface area contributed by atoms with Crippen molar-refractivity contribution in [2.75, 3.05) is 24.6 Å². The van der Waals surface area contributed by atoms with Gasteiger partial charge in [-0.2, -0.15) is 5.26 Å². The minimum absolute atomic E-state index is 0.132. The molecule has 3 aromatic rings. The Bertz CT molecular complexity index is 1140. The average molecular weight is 428 g/mol. The van der Waals surface area contributed by atoms with Crippen LogP contribution in [0.15, 0.2) is 48.9 Å². The smallest absolute Gasteiger partial charge is 0.225 e. The number of benzene rings is 1. The van der Waals surface area contributed by atoms with E-state index in [1.54, 1.807) is 24.7 Å². The molecule has 162 valence electrons. The highest BCUT2D eigenvalue weighted by atomic mass is 16.5. The SMILES string of the molecule is N#Cc1ccc(N2C3CCC2CN(C(=O)CCOCc2cccc4nccnc24)C3)nc1. The predicted octanol–water partition coefficient (Wildman–Crippen LogP) is 2.68. The number of ether oxygens (including phenoxy) is 1. The molecule has 2 aromatic heterocycles. The predicted molar refractivity (Wildman–Crippen MR) is 119 cm³/mol. The molecule has 2 atom stereocenters. The number of carbonyl (C=O) groups excluding carboxylic acids is 1. The number of amides is 1. The minimum atomic E-state index is 0.132. The molecule has 32 heavy (non-hydrogen) atoms. The van der Waals surface area contributed by atoms with Gasteiger partial charge in [0.1, 0.15) is 11.9 Å². The van der Waals surface area contributed by atoms with Crippen LogP contribution in [-0.2, 0) is 16.1 Å². The van der Waals surface area contributed by atoms with Gasteiger partial charge in [0.2, 0.25) is 5.91 Å². The van der Waals surface area contributed by atoms with E-state index in [9.17, 15) is 4.79 Å². The van der Waals surface area contributed by atoms with Crippen molar-refractivity contribution in [2.24, 2.45) is 0 Å². The minimum Gasteiger partial charge on any atom is -0.376 e. The lowest BCUT2D eigenvalue weighted by Crippen LogP contribution is -2.55. The highest BCUT2D eigenvalue weighted by molar-refractivity contribution is 5.78. The van der Waals surface area contributed by atoms with E-state index in [0.29, 0.717) is 38.3 Å². The molecule has 2 aliphatic rings. The zero-order valence-corrected chi connectivity index (χ0v) is 17.7. The molecule has 2 unspecified atom stereocenters. The number of anilines is 1. The van der Waals surface area contributed by atoms with E-state index in [0.717, 1.165) is 35.3 Å². The Labute approximate surface area is 186 Å². The summed E-state index contributed by atoms with van der Waals surface area (Å²) in [5, 5.41) is 8.99. The molecule has 2 aliphatic heterocycles. The van der Waals surface area contributed by atoms with E-state index in [1.165, 1.54) is 0 Å². The molecule has 2 bridgehead atoms. The zero-order valence-electron chi connectivity index (χ0n) is 17.7. The summed E-state index contributed by atoms with van der Waals surface area (Å²) in [4.78, 5) is 30.3. The Morgan fingerprint density at radius 1 is 1.09 bits per heavy atom. The van der Waals surface area contributed by atoms with E-state index >= 15 is 0 Å². The van der Waals surface area contributed by atoms with Gasteiger partial charge in [-0.1, -0.05) is 12.1 Å². The molecule has 0 N–H and O–H groups in total. The summed E-state index contributed by atoms with van der Waals surface area (Å²) in [5.74, 6) is 1.03. The van der Waals surface area contributed by atoms with Crippen LogP contribution in [0, 0.1) is 11.3 Å². The topological polar surface area (TPSA) is 95.2 Å². The lowest BCUT2D eigenvalue weighted by atomic mass is 10.1. The summed E-state index contributed by atoms with van der Waals surface area (Å²) in [7, 11) is 0. The molecular formula is C24H24N6O2. The van der Waals surface area contributed by atoms with Crippen molar-refractivity contribution in [3.05, 3.63) is 60.0 Å². The summed E-state index contributed by atoms with van der Waals surface area (Å²) < 4.78 is 5.81. The maximum absolute atomic E-state index is 12.8. The molecular weight excluding hydrogens is 404 g/mol. The van der Waals surface area contributed by atoms with Crippen molar-refractivity contribution in [1.29, 1.82) is 5.26 Å². The second-order valence-electron chi connectivity index (χ2n) is 8.25. The van der Waals surface area contributed by atoms with Gasteiger partial charge >= 0.3 is 0 Å². The van der Waals surface area contributed by atoms with Crippen molar-refractivity contribution >= 4 is 22.8 Å². The first-order chi connectivity index (χ1) is 15.7. The van der Waals surface area contributed by atoms with Gasteiger partial charge in [-0.25, -0.2) is 4.98 Å². The molecule has 0 aliphatic carbocycles. The molecule has 0 radical (unpaired) electrons. The number of aromatic nitrogens is 3. The number of rotatable bonds is 6. The van der Waals surface area contributed by atoms with E-state index in [-0.39, 0.29) is 18.0 Å².